The highest BCUT2D eigenvalue weighted by Crippen LogP contribution is 2.18. The second-order valence-electron chi connectivity index (χ2n) is 5.44. The third-order valence-corrected chi connectivity index (χ3v) is 3.25. The second-order valence-corrected chi connectivity index (χ2v) is 5.44. The van der Waals surface area contributed by atoms with Crippen LogP contribution in [-0.4, -0.2) is 12.6 Å². The van der Waals surface area contributed by atoms with E-state index in [2.05, 4.69) is 52.1 Å². The molecule has 17 heavy (non-hydrogen) atoms. The van der Waals surface area contributed by atoms with E-state index in [0.717, 1.165) is 6.54 Å². The molecule has 1 aromatic rings. The van der Waals surface area contributed by atoms with Crippen LogP contribution < -0.4 is 5.32 Å². The monoisotopic (exact) mass is 233 g/mol. The van der Waals surface area contributed by atoms with Crippen LogP contribution in [0.25, 0.3) is 0 Å². The average Bonchev–Trinajstić information content (AvgIpc) is 2.20. The quantitative estimate of drug-likeness (QED) is 0.734. The normalized spacial score (nSPS) is 11.2. The molecular weight excluding hydrogens is 206 g/mol. The molecule has 0 unspecified atom stereocenters. The molecule has 1 rings (SSSR count). The van der Waals surface area contributed by atoms with Gasteiger partial charge in [0, 0.05) is 6.04 Å². The van der Waals surface area contributed by atoms with Gasteiger partial charge in [-0.2, -0.15) is 0 Å². The fraction of sp³-hybridized carbons (Fsp3) is 0.625. The molecule has 0 saturated heterocycles. The molecule has 0 aliphatic rings. The zero-order valence-corrected chi connectivity index (χ0v) is 12.1. The van der Waals surface area contributed by atoms with Crippen molar-refractivity contribution in [3.05, 3.63) is 34.4 Å². The minimum Gasteiger partial charge on any atom is -0.315 e. The number of nitrogens with one attached hydrogen (secondary N) is 1. The lowest BCUT2D eigenvalue weighted by Crippen LogP contribution is -2.23. The number of unbranched alkanes of at least 4 members (excludes halogenated alkanes) is 1. The predicted octanol–water partition coefficient (Wildman–Crippen LogP) is 3.93. The molecule has 0 saturated carbocycles. The number of rotatable bonds is 6. The van der Waals surface area contributed by atoms with Crippen LogP contribution in [0, 0.1) is 20.8 Å². The predicted molar refractivity (Wildman–Crippen MR) is 76.7 cm³/mol. The lowest BCUT2D eigenvalue weighted by molar-refractivity contribution is 0.557. The Morgan fingerprint density at radius 2 is 1.59 bits per heavy atom. The van der Waals surface area contributed by atoms with Gasteiger partial charge in [-0.15, -0.1) is 0 Å². The van der Waals surface area contributed by atoms with E-state index in [-0.39, 0.29) is 0 Å². The molecule has 1 heteroatoms. The summed E-state index contributed by atoms with van der Waals surface area (Å²) in [5.41, 5.74) is 5.85. The minimum absolute atomic E-state index is 0.609. The Labute approximate surface area is 107 Å². The minimum atomic E-state index is 0.609. The molecule has 1 nitrogen and oxygen atoms in total. The Balaban J connectivity index is 2.42. The number of benzene rings is 1. The first-order chi connectivity index (χ1) is 8.00. The van der Waals surface area contributed by atoms with Gasteiger partial charge in [-0.05, 0) is 63.3 Å². The van der Waals surface area contributed by atoms with Gasteiger partial charge in [-0.3, -0.25) is 0 Å². The van der Waals surface area contributed by atoms with Gasteiger partial charge in [0.2, 0.25) is 0 Å². The first kappa shape index (κ1) is 14.2. The Bertz CT molecular complexity index is 330. The van der Waals surface area contributed by atoms with Crippen LogP contribution in [0.5, 0.6) is 0 Å². The van der Waals surface area contributed by atoms with Crippen molar-refractivity contribution >= 4 is 0 Å². The summed E-state index contributed by atoms with van der Waals surface area (Å²) in [6.45, 7) is 12.2. The van der Waals surface area contributed by atoms with E-state index in [1.54, 1.807) is 5.56 Å². The highest BCUT2D eigenvalue weighted by atomic mass is 14.9. The largest absolute Gasteiger partial charge is 0.315 e. The molecule has 96 valence electrons. The molecule has 0 atom stereocenters. The Morgan fingerprint density at radius 1 is 1.00 bits per heavy atom. The SMILES string of the molecule is Cc1cc(C)c(CCCCNC(C)C)c(C)c1. The number of aryl methyl sites for hydroxylation is 3. The Hall–Kier alpha value is -0.820. The molecule has 0 aliphatic carbocycles. The summed E-state index contributed by atoms with van der Waals surface area (Å²) < 4.78 is 0. The Morgan fingerprint density at radius 3 is 2.12 bits per heavy atom. The van der Waals surface area contributed by atoms with E-state index in [1.807, 2.05) is 0 Å². The fourth-order valence-corrected chi connectivity index (χ4v) is 2.42. The number of hydrogen-bond donors (Lipinski definition) is 1. The van der Waals surface area contributed by atoms with Crippen LogP contribution in [0.3, 0.4) is 0 Å². The van der Waals surface area contributed by atoms with Gasteiger partial charge in [0.15, 0.2) is 0 Å². The van der Waals surface area contributed by atoms with E-state index in [1.165, 1.54) is 36.0 Å². The van der Waals surface area contributed by atoms with Gasteiger partial charge in [-0.1, -0.05) is 31.5 Å². The standard InChI is InChI=1S/C16H27N/c1-12(2)17-9-7-6-8-16-14(4)10-13(3)11-15(16)5/h10-12,17H,6-9H2,1-5H3. The van der Waals surface area contributed by atoms with E-state index in [9.17, 15) is 0 Å². The van der Waals surface area contributed by atoms with Crippen LogP contribution >= 0.6 is 0 Å². The third kappa shape index (κ3) is 4.91. The Kier molecular flexibility index (Phi) is 5.70. The molecule has 1 aromatic carbocycles. The molecule has 0 aromatic heterocycles. The molecule has 0 bridgehead atoms. The summed E-state index contributed by atoms with van der Waals surface area (Å²) >= 11 is 0. The molecule has 0 radical (unpaired) electrons. The summed E-state index contributed by atoms with van der Waals surface area (Å²) in [7, 11) is 0. The lowest BCUT2D eigenvalue weighted by atomic mass is 9.96. The molecule has 0 heterocycles. The van der Waals surface area contributed by atoms with Crippen LogP contribution in [-0.2, 0) is 6.42 Å². The van der Waals surface area contributed by atoms with Crippen molar-refractivity contribution in [1.82, 2.24) is 5.32 Å². The summed E-state index contributed by atoms with van der Waals surface area (Å²) in [6.07, 6.45) is 3.77. The smallest absolute Gasteiger partial charge is 0.00103 e. The summed E-state index contributed by atoms with van der Waals surface area (Å²) in [4.78, 5) is 0. The third-order valence-electron chi connectivity index (χ3n) is 3.25. The summed E-state index contributed by atoms with van der Waals surface area (Å²) in [6, 6.07) is 5.21. The topological polar surface area (TPSA) is 12.0 Å². The van der Waals surface area contributed by atoms with Crippen molar-refractivity contribution < 1.29 is 0 Å². The van der Waals surface area contributed by atoms with Crippen molar-refractivity contribution in [3.8, 4) is 0 Å². The van der Waals surface area contributed by atoms with Gasteiger partial charge in [0.1, 0.15) is 0 Å². The van der Waals surface area contributed by atoms with Crippen LogP contribution in [0.15, 0.2) is 12.1 Å². The van der Waals surface area contributed by atoms with Gasteiger partial charge >= 0.3 is 0 Å². The highest BCUT2D eigenvalue weighted by Gasteiger charge is 2.03. The van der Waals surface area contributed by atoms with Crippen LogP contribution in [0.1, 0.15) is 48.9 Å². The maximum Gasteiger partial charge on any atom is 0.00103 e. The molecule has 1 N–H and O–H groups in total. The van der Waals surface area contributed by atoms with Crippen molar-refractivity contribution in [2.45, 2.75) is 59.9 Å². The molecule has 0 amide bonds. The summed E-state index contributed by atoms with van der Waals surface area (Å²) in [5, 5.41) is 3.47. The van der Waals surface area contributed by atoms with Crippen LogP contribution in [0.2, 0.25) is 0 Å². The van der Waals surface area contributed by atoms with E-state index < -0.39 is 0 Å². The first-order valence-corrected chi connectivity index (χ1v) is 6.81. The van der Waals surface area contributed by atoms with E-state index in [0.29, 0.717) is 6.04 Å². The summed E-state index contributed by atoms with van der Waals surface area (Å²) in [5.74, 6) is 0. The fourth-order valence-electron chi connectivity index (χ4n) is 2.42. The second kappa shape index (κ2) is 6.80. The molecule has 0 aliphatic heterocycles. The number of hydrogen-bond acceptors (Lipinski definition) is 1. The van der Waals surface area contributed by atoms with Crippen molar-refractivity contribution in [3.63, 3.8) is 0 Å². The van der Waals surface area contributed by atoms with Gasteiger partial charge < -0.3 is 5.32 Å². The molecular formula is C16H27N. The van der Waals surface area contributed by atoms with Crippen LogP contribution in [0.4, 0.5) is 0 Å². The maximum absolute atomic E-state index is 3.47. The highest BCUT2D eigenvalue weighted by molar-refractivity contribution is 5.37. The van der Waals surface area contributed by atoms with Crippen molar-refractivity contribution in [2.24, 2.45) is 0 Å². The van der Waals surface area contributed by atoms with Gasteiger partial charge in [-0.25, -0.2) is 0 Å². The zero-order valence-electron chi connectivity index (χ0n) is 12.1. The van der Waals surface area contributed by atoms with Gasteiger partial charge in [0.25, 0.3) is 0 Å². The first-order valence-electron chi connectivity index (χ1n) is 6.81. The zero-order chi connectivity index (χ0) is 12.8. The lowest BCUT2D eigenvalue weighted by Gasteiger charge is -2.12. The van der Waals surface area contributed by atoms with Crippen molar-refractivity contribution in [2.75, 3.05) is 6.54 Å². The average molecular weight is 233 g/mol. The molecule has 0 fully saturated rings. The maximum atomic E-state index is 3.47. The van der Waals surface area contributed by atoms with E-state index >= 15 is 0 Å². The molecule has 0 spiro atoms. The van der Waals surface area contributed by atoms with E-state index in [4.69, 9.17) is 0 Å². The van der Waals surface area contributed by atoms with Crippen molar-refractivity contribution in [1.29, 1.82) is 0 Å². The van der Waals surface area contributed by atoms with Gasteiger partial charge in [0.05, 0.1) is 0 Å².